The van der Waals surface area contributed by atoms with Crippen molar-refractivity contribution in [3.05, 3.63) is 70.4 Å². The van der Waals surface area contributed by atoms with Gasteiger partial charge in [0, 0.05) is 24.8 Å². The molecule has 0 saturated heterocycles. The van der Waals surface area contributed by atoms with Crippen LogP contribution in [0.5, 0.6) is 0 Å². The first-order valence-electron chi connectivity index (χ1n) is 11.0. The minimum atomic E-state index is 0.319. The molecule has 0 spiro atoms. The van der Waals surface area contributed by atoms with E-state index in [-0.39, 0.29) is 0 Å². The number of rotatable bonds is 5. The van der Waals surface area contributed by atoms with Gasteiger partial charge in [-0.3, -0.25) is 9.78 Å². The fraction of sp³-hybridized carbons (Fsp3) is 0.0833. The molecule has 15 heteroatoms. The van der Waals surface area contributed by atoms with Gasteiger partial charge in [-0.05, 0) is 56.1 Å². The van der Waals surface area contributed by atoms with E-state index < -0.39 is 0 Å². The molecule has 0 aromatic carbocycles. The number of anilines is 4. The standard InChI is InChI=1S/C12H9BrN6.C9H7BrN6.C3H3Cl/c1-2-5-18-8-9(7-14-18)15-12-16-11-10(13)4-3-6-19(11)17-12;10-7-2-1-3-16-8(7)14-9(15-16)13-6-4-11-12-5-6;1-2-3-4/h1,3-4,6-8H,5H2,(H,15,17);1-5H,(H,11,12)(H,13,15);1H,3H2. The van der Waals surface area contributed by atoms with Crippen molar-refractivity contribution >= 4 is 78.0 Å². The van der Waals surface area contributed by atoms with Crippen LogP contribution in [-0.2, 0) is 6.54 Å². The molecule has 0 unspecified atom stereocenters. The Kier molecular flexibility index (Phi) is 9.53. The Labute approximate surface area is 244 Å². The summed E-state index contributed by atoms with van der Waals surface area (Å²) in [6.07, 6.45) is 20.4. The average molecular weight is 671 g/mol. The fourth-order valence-corrected chi connectivity index (χ4v) is 3.88. The van der Waals surface area contributed by atoms with Gasteiger partial charge in [0.05, 0.1) is 38.6 Å². The van der Waals surface area contributed by atoms with E-state index in [0.717, 1.165) is 31.6 Å². The summed E-state index contributed by atoms with van der Waals surface area (Å²) in [5.74, 6) is 6.08. The molecule has 0 fully saturated rings. The molecule has 12 nitrogen and oxygen atoms in total. The molecule has 0 atom stereocenters. The summed E-state index contributed by atoms with van der Waals surface area (Å²) in [7, 11) is 0. The van der Waals surface area contributed by atoms with E-state index in [1.807, 2.05) is 36.7 Å². The van der Waals surface area contributed by atoms with E-state index in [4.69, 9.17) is 18.0 Å². The molecule has 0 bridgehead atoms. The zero-order valence-electron chi connectivity index (χ0n) is 20.0. The van der Waals surface area contributed by atoms with Crippen LogP contribution in [-0.4, -0.2) is 55.1 Å². The number of pyridine rings is 2. The fourth-order valence-electron chi connectivity index (χ4n) is 3.04. The van der Waals surface area contributed by atoms with Crippen LogP contribution in [0.15, 0.2) is 70.4 Å². The van der Waals surface area contributed by atoms with E-state index >= 15 is 0 Å². The SMILES string of the molecule is Brc1cccn2nc(Nc3cn[nH]c3)nc12.C#CCCl.C#CCn1cc(Nc2nc3c(Br)cccn3n2)cn1. The lowest BCUT2D eigenvalue weighted by Gasteiger charge is -1.94. The highest BCUT2D eigenvalue weighted by Gasteiger charge is 2.08. The van der Waals surface area contributed by atoms with Crippen LogP contribution in [0.2, 0.25) is 0 Å². The number of hydrogen-bond donors (Lipinski definition) is 3. The number of H-pyrrole nitrogens is 1. The monoisotopic (exact) mass is 668 g/mol. The van der Waals surface area contributed by atoms with Crippen LogP contribution in [0.3, 0.4) is 0 Å². The minimum absolute atomic E-state index is 0.319. The quantitative estimate of drug-likeness (QED) is 0.175. The summed E-state index contributed by atoms with van der Waals surface area (Å²) in [6.45, 7) is 0.436. The summed E-state index contributed by atoms with van der Waals surface area (Å²) in [5.41, 5.74) is 3.14. The third-order valence-electron chi connectivity index (χ3n) is 4.60. The van der Waals surface area contributed by atoms with E-state index in [1.54, 1.807) is 38.5 Å². The van der Waals surface area contributed by atoms with Gasteiger partial charge in [-0.25, -0.2) is 9.03 Å². The van der Waals surface area contributed by atoms with Crippen molar-refractivity contribution in [3.8, 4) is 24.7 Å². The normalized spacial score (nSPS) is 10.1. The lowest BCUT2D eigenvalue weighted by Crippen LogP contribution is -1.95. The number of halogens is 3. The number of alkyl halides is 1. The molecule has 3 N–H and O–H groups in total. The van der Waals surface area contributed by atoms with Crippen LogP contribution in [0, 0.1) is 24.7 Å². The molecule has 6 rings (SSSR count). The Morgan fingerprint density at radius 3 is 1.97 bits per heavy atom. The van der Waals surface area contributed by atoms with Gasteiger partial charge in [0.2, 0.25) is 11.9 Å². The smallest absolute Gasteiger partial charge is 0.247 e. The molecular formula is C24H19Br2ClN12. The van der Waals surface area contributed by atoms with E-state index in [9.17, 15) is 0 Å². The first-order valence-corrected chi connectivity index (χ1v) is 13.1. The van der Waals surface area contributed by atoms with Gasteiger partial charge in [-0.1, -0.05) is 11.8 Å². The summed E-state index contributed by atoms with van der Waals surface area (Å²) in [6, 6.07) is 7.62. The third-order valence-corrected chi connectivity index (χ3v) is 6.00. The summed E-state index contributed by atoms with van der Waals surface area (Å²) in [4.78, 5) is 8.72. The molecule has 0 amide bonds. The Balaban J connectivity index is 0.000000161. The van der Waals surface area contributed by atoms with Crippen molar-refractivity contribution in [2.75, 3.05) is 16.5 Å². The average Bonchev–Trinajstić information content (AvgIpc) is 3.74. The molecule has 0 radical (unpaired) electrons. The predicted molar refractivity (Wildman–Crippen MR) is 157 cm³/mol. The highest BCUT2D eigenvalue weighted by molar-refractivity contribution is 9.11. The Morgan fingerprint density at radius 1 is 0.897 bits per heavy atom. The number of fused-ring (bicyclic) bond motifs is 2. The predicted octanol–water partition coefficient (Wildman–Crippen LogP) is 4.88. The largest absolute Gasteiger partial charge is 0.320 e. The molecule has 196 valence electrons. The van der Waals surface area contributed by atoms with Crippen LogP contribution in [0.1, 0.15) is 0 Å². The number of hydrogen-bond acceptors (Lipinski definition) is 8. The molecule has 6 aromatic heterocycles. The Morgan fingerprint density at radius 2 is 1.49 bits per heavy atom. The van der Waals surface area contributed by atoms with Gasteiger partial charge >= 0.3 is 0 Å². The maximum absolute atomic E-state index is 5.23. The molecule has 39 heavy (non-hydrogen) atoms. The van der Waals surface area contributed by atoms with Crippen molar-refractivity contribution in [3.63, 3.8) is 0 Å². The highest BCUT2D eigenvalue weighted by Crippen LogP contribution is 2.20. The summed E-state index contributed by atoms with van der Waals surface area (Å²) in [5, 5.41) is 25.4. The van der Waals surface area contributed by atoms with Crippen LogP contribution in [0.25, 0.3) is 11.3 Å². The Hall–Kier alpha value is -4.37. The van der Waals surface area contributed by atoms with Crippen molar-refractivity contribution < 1.29 is 0 Å². The Bertz CT molecular complexity index is 1740. The van der Waals surface area contributed by atoms with E-state index in [1.165, 1.54) is 0 Å². The number of nitrogens with zero attached hydrogens (tertiary/aromatic N) is 9. The van der Waals surface area contributed by atoms with Gasteiger partial charge in [-0.2, -0.15) is 20.2 Å². The molecule has 6 heterocycles. The number of aromatic nitrogens is 10. The van der Waals surface area contributed by atoms with Crippen LogP contribution >= 0.6 is 43.5 Å². The molecule has 0 aliphatic carbocycles. The second kappa shape index (κ2) is 13.4. The lowest BCUT2D eigenvalue weighted by atomic mass is 10.5. The molecule has 0 aliphatic rings. The summed E-state index contributed by atoms with van der Waals surface area (Å²) < 4.78 is 6.85. The van der Waals surface area contributed by atoms with Crippen molar-refractivity contribution in [2.45, 2.75) is 6.54 Å². The molecular weight excluding hydrogens is 652 g/mol. The highest BCUT2D eigenvalue weighted by atomic mass is 79.9. The summed E-state index contributed by atoms with van der Waals surface area (Å²) >= 11 is 11.8. The second-order valence-corrected chi connectivity index (χ2v) is 9.30. The van der Waals surface area contributed by atoms with Crippen molar-refractivity contribution in [1.82, 2.24) is 49.2 Å². The van der Waals surface area contributed by atoms with Gasteiger partial charge in [0.15, 0.2) is 11.3 Å². The zero-order valence-corrected chi connectivity index (χ0v) is 23.9. The number of nitrogens with one attached hydrogen (secondary N) is 3. The first kappa shape index (κ1) is 27.7. The van der Waals surface area contributed by atoms with Gasteiger partial charge in [0.1, 0.15) is 6.54 Å². The van der Waals surface area contributed by atoms with Crippen molar-refractivity contribution in [1.29, 1.82) is 0 Å². The van der Waals surface area contributed by atoms with Crippen LogP contribution in [0.4, 0.5) is 23.3 Å². The number of aromatic amines is 1. The van der Waals surface area contributed by atoms with Crippen molar-refractivity contribution in [2.24, 2.45) is 0 Å². The van der Waals surface area contributed by atoms with E-state index in [0.29, 0.717) is 24.3 Å². The zero-order chi connectivity index (χ0) is 27.6. The second-order valence-electron chi connectivity index (χ2n) is 7.32. The molecule has 0 aliphatic heterocycles. The first-order chi connectivity index (χ1) is 19.0. The lowest BCUT2D eigenvalue weighted by molar-refractivity contribution is 0.716. The van der Waals surface area contributed by atoms with Gasteiger partial charge in [0.25, 0.3) is 0 Å². The maximum atomic E-state index is 5.23. The number of terminal acetylenes is 2. The van der Waals surface area contributed by atoms with E-state index in [2.05, 4.69) is 96.2 Å². The molecule has 6 aromatic rings. The van der Waals surface area contributed by atoms with Gasteiger partial charge < -0.3 is 10.6 Å². The maximum Gasteiger partial charge on any atom is 0.247 e. The molecule has 0 saturated carbocycles. The minimum Gasteiger partial charge on any atom is -0.320 e. The van der Waals surface area contributed by atoms with Gasteiger partial charge in [-0.15, -0.1) is 34.6 Å². The third kappa shape index (κ3) is 7.36. The van der Waals surface area contributed by atoms with Crippen LogP contribution < -0.4 is 10.6 Å². The topological polar surface area (TPSA) is 131 Å².